The van der Waals surface area contributed by atoms with Gasteiger partial charge in [0.05, 0.1) is 11.9 Å². The van der Waals surface area contributed by atoms with E-state index in [0.717, 1.165) is 6.54 Å². The largest absolute Gasteiger partial charge is 0.351 e. The molecule has 0 spiro atoms. The number of piperidine rings is 1. The summed E-state index contributed by atoms with van der Waals surface area (Å²) in [5.41, 5.74) is 0.880. The first-order chi connectivity index (χ1) is 11.8. The van der Waals surface area contributed by atoms with Crippen molar-refractivity contribution in [1.29, 1.82) is 0 Å². The van der Waals surface area contributed by atoms with E-state index in [-0.39, 0.29) is 11.4 Å². The van der Waals surface area contributed by atoms with Crippen LogP contribution in [0.5, 0.6) is 0 Å². The molecule has 130 valence electrons. The van der Waals surface area contributed by atoms with Gasteiger partial charge in [-0.25, -0.2) is 0 Å². The highest BCUT2D eigenvalue weighted by molar-refractivity contribution is 5.91. The summed E-state index contributed by atoms with van der Waals surface area (Å²) < 4.78 is 0. The molecule has 0 bridgehead atoms. The molecule has 2 heterocycles. The highest BCUT2D eigenvalue weighted by atomic mass is 16.1. The third-order valence-corrected chi connectivity index (χ3v) is 5.39. The highest BCUT2D eigenvalue weighted by Gasteiger charge is 2.38. The van der Waals surface area contributed by atoms with Crippen molar-refractivity contribution in [2.75, 3.05) is 19.6 Å². The molecule has 3 rings (SSSR count). The summed E-state index contributed by atoms with van der Waals surface area (Å²) in [4.78, 5) is 23.0. The Hall–Kier alpha value is -1.75. The Morgan fingerprint density at radius 1 is 1.12 bits per heavy atom. The normalized spacial score (nSPS) is 21.7. The van der Waals surface area contributed by atoms with Gasteiger partial charge in [-0.05, 0) is 44.8 Å². The van der Waals surface area contributed by atoms with Gasteiger partial charge < -0.3 is 5.32 Å². The van der Waals surface area contributed by atoms with Gasteiger partial charge in [0.1, 0.15) is 0 Å². The number of likely N-dealkylation sites (tertiary alicyclic amines) is 1. The van der Waals surface area contributed by atoms with Gasteiger partial charge in [-0.1, -0.05) is 25.7 Å². The molecule has 1 aliphatic heterocycles. The molecular formula is C19H28N4O. The van der Waals surface area contributed by atoms with Gasteiger partial charge in [0, 0.05) is 30.6 Å². The maximum absolute atomic E-state index is 12.2. The molecule has 1 saturated carbocycles. The smallest absolute Gasteiger partial charge is 0.244 e. The van der Waals surface area contributed by atoms with E-state index in [1.165, 1.54) is 64.5 Å². The van der Waals surface area contributed by atoms with Crippen LogP contribution in [-0.2, 0) is 4.79 Å². The summed E-state index contributed by atoms with van der Waals surface area (Å²) in [7, 11) is 0. The van der Waals surface area contributed by atoms with Gasteiger partial charge in [0.25, 0.3) is 0 Å². The average molecular weight is 328 g/mol. The molecule has 1 aromatic heterocycles. The molecule has 0 unspecified atom stereocenters. The monoisotopic (exact) mass is 328 g/mol. The molecule has 5 heteroatoms. The fourth-order valence-electron chi connectivity index (χ4n) is 4.05. The minimum atomic E-state index is -0.0392. The van der Waals surface area contributed by atoms with Crippen LogP contribution < -0.4 is 5.32 Å². The maximum atomic E-state index is 12.2. The van der Waals surface area contributed by atoms with Gasteiger partial charge in [-0.15, -0.1) is 0 Å². The van der Waals surface area contributed by atoms with Gasteiger partial charge in [-0.2, -0.15) is 0 Å². The number of hydrogen-bond acceptors (Lipinski definition) is 4. The summed E-state index contributed by atoms with van der Waals surface area (Å²) in [5.74, 6) is -0.0392. The van der Waals surface area contributed by atoms with Crippen LogP contribution in [0.1, 0.15) is 57.1 Å². The van der Waals surface area contributed by atoms with E-state index in [4.69, 9.17) is 0 Å². The molecule has 1 N–H and O–H groups in total. The second-order valence-corrected chi connectivity index (χ2v) is 7.01. The molecular weight excluding hydrogens is 300 g/mol. The third-order valence-electron chi connectivity index (χ3n) is 5.39. The van der Waals surface area contributed by atoms with Gasteiger partial charge in [-0.3, -0.25) is 19.7 Å². The van der Waals surface area contributed by atoms with E-state index in [9.17, 15) is 4.79 Å². The van der Waals surface area contributed by atoms with Crippen LogP contribution >= 0.6 is 0 Å². The van der Waals surface area contributed by atoms with E-state index in [1.54, 1.807) is 30.7 Å². The first-order valence-corrected chi connectivity index (χ1v) is 9.26. The Balaban J connectivity index is 1.58. The Kier molecular flexibility index (Phi) is 5.96. The van der Waals surface area contributed by atoms with Crippen molar-refractivity contribution < 1.29 is 4.79 Å². The maximum Gasteiger partial charge on any atom is 0.244 e. The number of amides is 1. The molecule has 1 aromatic rings. The summed E-state index contributed by atoms with van der Waals surface area (Å²) in [6.45, 7) is 3.13. The lowest BCUT2D eigenvalue weighted by atomic mass is 9.79. The Labute approximate surface area is 144 Å². The van der Waals surface area contributed by atoms with Crippen LogP contribution in [0.25, 0.3) is 6.08 Å². The molecule has 2 fully saturated rings. The lowest BCUT2D eigenvalue weighted by Gasteiger charge is -2.48. The third kappa shape index (κ3) is 4.41. The quantitative estimate of drug-likeness (QED) is 0.845. The van der Waals surface area contributed by atoms with Crippen LogP contribution in [0.3, 0.4) is 0 Å². The van der Waals surface area contributed by atoms with Crippen molar-refractivity contribution in [3.05, 3.63) is 30.4 Å². The van der Waals surface area contributed by atoms with Gasteiger partial charge in [0.15, 0.2) is 0 Å². The van der Waals surface area contributed by atoms with Crippen LogP contribution in [0.2, 0.25) is 0 Å². The van der Waals surface area contributed by atoms with E-state index in [1.807, 2.05) is 0 Å². The topological polar surface area (TPSA) is 58.1 Å². The first-order valence-electron chi connectivity index (χ1n) is 9.26. The molecule has 24 heavy (non-hydrogen) atoms. The van der Waals surface area contributed by atoms with E-state index in [2.05, 4.69) is 20.2 Å². The molecule has 1 saturated heterocycles. The summed E-state index contributed by atoms with van der Waals surface area (Å²) in [6, 6.07) is 0. The van der Waals surface area contributed by atoms with Crippen LogP contribution in [0, 0.1) is 0 Å². The fraction of sp³-hybridized carbons (Fsp3) is 0.632. The van der Waals surface area contributed by atoms with Crippen molar-refractivity contribution in [3.8, 4) is 0 Å². The zero-order valence-corrected chi connectivity index (χ0v) is 14.4. The molecule has 0 aromatic carbocycles. The van der Waals surface area contributed by atoms with Crippen molar-refractivity contribution in [2.45, 2.75) is 56.9 Å². The number of nitrogens with one attached hydrogen (secondary N) is 1. The van der Waals surface area contributed by atoms with Crippen molar-refractivity contribution in [2.24, 2.45) is 0 Å². The lowest BCUT2D eigenvalue weighted by Crippen LogP contribution is -2.58. The second kappa shape index (κ2) is 8.38. The predicted molar refractivity (Wildman–Crippen MR) is 95.3 cm³/mol. The summed E-state index contributed by atoms with van der Waals surface area (Å²) in [5, 5.41) is 3.15. The number of hydrogen-bond donors (Lipinski definition) is 1. The number of rotatable bonds is 5. The predicted octanol–water partition coefficient (Wildman–Crippen LogP) is 2.79. The van der Waals surface area contributed by atoms with Crippen molar-refractivity contribution in [1.82, 2.24) is 20.2 Å². The van der Waals surface area contributed by atoms with Crippen molar-refractivity contribution >= 4 is 12.0 Å². The molecule has 0 radical (unpaired) electrons. The van der Waals surface area contributed by atoms with E-state index >= 15 is 0 Å². The minimum Gasteiger partial charge on any atom is -0.351 e. The number of carbonyl (C=O) groups excluding carboxylic acids is 1. The van der Waals surface area contributed by atoms with Crippen molar-refractivity contribution in [3.63, 3.8) is 0 Å². The number of aromatic nitrogens is 2. The molecule has 1 aliphatic carbocycles. The molecule has 5 nitrogen and oxygen atoms in total. The number of carbonyl (C=O) groups is 1. The average Bonchev–Trinajstić information content (AvgIpc) is 2.67. The standard InChI is InChI=1S/C19H28N4O/c24-18(8-7-17-15-20-11-12-21-17)22-16-19(9-3-1-4-10-19)23-13-5-2-6-14-23/h7-8,11-12,15H,1-6,9-10,13-14,16H2,(H,22,24)/b8-7+. The van der Waals surface area contributed by atoms with Crippen LogP contribution in [0.4, 0.5) is 0 Å². The zero-order valence-electron chi connectivity index (χ0n) is 14.4. The number of nitrogens with zero attached hydrogens (tertiary/aromatic N) is 3. The van der Waals surface area contributed by atoms with E-state index in [0.29, 0.717) is 5.69 Å². The Morgan fingerprint density at radius 3 is 2.58 bits per heavy atom. The SMILES string of the molecule is O=C(/C=C/c1cnccn1)NCC1(N2CCCCC2)CCCCC1. The van der Waals surface area contributed by atoms with Crippen LogP contribution in [-0.4, -0.2) is 45.9 Å². The Bertz CT molecular complexity index is 546. The highest BCUT2D eigenvalue weighted by Crippen LogP contribution is 2.35. The zero-order chi connectivity index (χ0) is 16.7. The van der Waals surface area contributed by atoms with Gasteiger partial charge >= 0.3 is 0 Å². The lowest BCUT2D eigenvalue weighted by molar-refractivity contribution is -0.117. The first kappa shape index (κ1) is 17.1. The molecule has 2 aliphatic rings. The Morgan fingerprint density at radius 2 is 1.88 bits per heavy atom. The van der Waals surface area contributed by atoms with E-state index < -0.39 is 0 Å². The molecule has 0 atom stereocenters. The summed E-state index contributed by atoms with van der Waals surface area (Å²) in [6.07, 6.45) is 18.4. The van der Waals surface area contributed by atoms with Crippen LogP contribution in [0.15, 0.2) is 24.7 Å². The fourth-order valence-corrected chi connectivity index (χ4v) is 4.05. The molecule has 1 amide bonds. The second-order valence-electron chi connectivity index (χ2n) is 7.01. The summed E-state index contributed by atoms with van der Waals surface area (Å²) >= 11 is 0. The van der Waals surface area contributed by atoms with Gasteiger partial charge in [0.2, 0.25) is 5.91 Å². The minimum absolute atomic E-state index is 0.0392.